The van der Waals surface area contributed by atoms with Crippen LogP contribution >= 0.6 is 0 Å². The number of guanidine groups is 1. The Hall–Kier alpha value is -1.83. The van der Waals surface area contributed by atoms with Crippen LogP contribution in [0.15, 0.2) is 29.3 Å². The molecule has 2 aliphatic heterocycles. The van der Waals surface area contributed by atoms with Gasteiger partial charge in [-0.25, -0.2) is 0 Å². The van der Waals surface area contributed by atoms with Gasteiger partial charge in [0.05, 0.1) is 19.8 Å². The van der Waals surface area contributed by atoms with E-state index in [-0.39, 0.29) is 12.0 Å². The van der Waals surface area contributed by atoms with Crippen LogP contribution in [0, 0.1) is 5.41 Å². The van der Waals surface area contributed by atoms with E-state index in [1.54, 1.807) is 7.05 Å². The van der Waals surface area contributed by atoms with E-state index in [9.17, 15) is 5.11 Å². The lowest BCUT2D eigenvalue weighted by atomic mass is 9.84. The molecule has 3 N–H and O–H groups in total. The zero-order valence-corrected chi connectivity index (χ0v) is 16.2. The maximum absolute atomic E-state index is 9.38. The largest absolute Gasteiger partial charge is 0.396 e. The summed E-state index contributed by atoms with van der Waals surface area (Å²) in [6.45, 7) is 6.50. The van der Waals surface area contributed by atoms with E-state index in [2.05, 4.69) is 44.8 Å². The zero-order valence-electron chi connectivity index (χ0n) is 16.2. The summed E-state index contributed by atoms with van der Waals surface area (Å²) >= 11 is 0. The van der Waals surface area contributed by atoms with Crippen molar-refractivity contribution in [1.29, 1.82) is 0 Å². The van der Waals surface area contributed by atoms with Crippen molar-refractivity contribution in [2.75, 3.05) is 64.6 Å². The highest BCUT2D eigenvalue weighted by atomic mass is 16.5. The van der Waals surface area contributed by atoms with Crippen molar-refractivity contribution in [3.05, 3.63) is 29.8 Å². The molecule has 1 unspecified atom stereocenters. The summed E-state index contributed by atoms with van der Waals surface area (Å²) in [7, 11) is 1.78. The van der Waals surface area contributed by atoms with Crippen molar-refractivity contribution < 1.29 is 14.6 Å². The van der Waals surface area contributed by atoms with E-state index in [1.165, 1.54) is 11.3 Å². The van der Waals surface area contributed by atoms with Crippen LogP contribution in [0.2, 0.25) is 0 Å². The number of para-hydroxylation sites is 1. The molecule has 2 saturated heterocycles. The minimum atomic E-state index is -0.00191. The minimum absolute atomic E-state index is 0.00191. The second-order valence-corrected chi connectivity index (χ2v) is 7.28. The monoisotopic (exact) mass is 376 g/mol. The van der Waals surface area contributed by atoms with E-state index >= 15 is 0 Å². The first-order valence-electron chi connectivity index (χ1n) is 9.80. The van der Waals surface area contributed by atoms with Gasteiger partial charge in [0.25, 0.3) is 0 Å². The van der Waals surface area contributed by atoms with Crippen molar-refractivity contribution >= 4 is 11.6 Å². The number of hydrogen-bond acceptors (Lipinski definition) is 5. The smallest absolute Gasteiger partial charge is 0.191 e. The highest BCUT2D eigenvalue weighted by Gasteiger charge is 2.34. The molecule has 1 aromatic rings. The van der Waals surface area contributed by atoms with E-state index in [1.807, 2.05) is 0 Å². The molecule has 2 fully saturated rings. The molecule has 2 heterocycles. The number of ether oxygens (including phenoxy) is 2. The highest BCUT2D eigenvalue weighted by Crippen LogP contribution is 2.31. The first-order valence-corrected chi connectivity index (χ1v) is 9.80. The number of aliphatic hydroxyl groups excluding tert-OH is 1. The van der Waals surface area contributed by atoms with Crippen LogP contribution in [0.5, 0.6) is 0 Å². The summed E-state index contributed by atoms with van der Waals surface area (Å²) in [5, 5.41) is 16.2. The van der Waals surface area contributed by atoms with Gasteiger partial charge < -0.3 is 30.1 Å². The Balaban J connectivity index is 1.57. The Labute approximate surface area is 161 Å². The molecular weight excluding hydrogens is 344 g/mol. The number of aliphatic hydroxyl groups is 1. The second kappa shape index (κ2) is 9.92. The number of benzene rings is 1. The Kier molecular flexibility index (Phi) is 7.32. The predicted molar refractivity (Wildman–Crippen MR) is 107 cm³/mol. The van der Waals surface area contributed by atoms with Crippen LogP contribution in [0.4, 0.5) is 5.69 Å². The average molecular weight is 377 g/mol. The van der Waals surface area contributed by atoms with Crippen LogP contribution in [0.3, 0.4) is 0 Å². The second-order valence-electron chi connectivity index (χ2n) is 7.28. The van der Waals surface area contributed by atoms with Crippen molar-refractivity contribution in [2.24, 2.45) is 10.4 Å². The third-order valence-corrected chi connectivity index (χ3v) is 5.47. The number of anilines is 1. The fraction of sp³-hybridized carbons (Fsp3) is 0.650. The van der Waals surface area contributed by atoms with Gasteiger partial charge in [0, 0.05) is 57.5 Å². The van der Waals surface area contributed by atoms with Gasteiger partial charge in [-0.1, -0.05) is 18.2 Å². The number of morpholine rings is 1. The maximum atomic E-state index is 9.38. The van der Waals surface area contributed by atoms with Crippen LogP contribution < -0.4 is 15.5 Å². The molecule has 0 bridgehead atoms. The van der Waals surface area contributed by atoms with Crippen molar-refractivity contribution in [1.82, 2.24) is 10.6 Å². The van der Waals surface area contributed by atoms with E-state index in [4.69, 9.17) is 9.47 Å². The van der Waals surface area contributed by atoms with Gasteiger partial charge in [0.1, 0.15) is 0 Å². The van der Waals surface area contributed by atoms with Gasteiger partial charge in [-0.15, -0.1) is 0 Å². The fourth-order valence-corrected chi connectivity index (χ4v) is 3.76. The Bertz CT molecular complexity index is 611. The molecular formula is C20H32N4O3. The number of rotatable bonds is 7. The van der Waals surface area contributed by atoms with E-state index < -0.39 is 0 Å². The van der Waals surface area contributed by atoms with Crippen LogP contribution in [-0.4, -0.2) is 70.8 Å². The molecule has 0 amide bonds. The first kappa shape index (κ1) is 19.9. The lowest BCUT2D eigenvalue weighted by molar-refractivity contribution is 0.122. The molecule has 0 spiro atoms. The van der Waals surface area contributed by atoms with Gasteiger partial charge in [-0.3, -0.25) is 4.99 Å². The molecule has 27 heavy (non-hydrogen) atoms. The molecule has 150 valence electrons. The summed E-state index contributed by atoms with van der Waals surface area (Å²) in [6, 6.07) is 8.48. The van der Waals surface area contributed by atoms with Gasteiger partial charge in [0.15, 0.2) is 5.96 Å². The molecule has 1 aromatic carbocycles. The summed E-state index contributed by atoms with van der Waals surface area (Å²) in [6.07, 6.45) is 1.72. The van der Waals surface area contributed by atoms with Crippen LogP contribution in [-0.2, 0) is 16.0 Å². The summed E-state index contributed by atoms with van der Waals surface area (Å²) in [5.74, 6) is 0.774. The standard InChI is InChI=1S/C20H32N4O3/c1-21-19(23-15-20(6-10-25)7-11-27-16-20)22-14-17-4-2-3-5-18(17)24-8-12-26-13-9-24/h2-5,25H,6-16H2,1H3,(H2,21,22,23). The fourth-order valence-electron chi connectivity index (χ4n) is 3.76. The molecule has 0 saturated carbocycles. The molecule has 0 aliphatic carbocycles. The first-order chi connectivity index (χ1) is 13.3. The van der Waals surface area contributed by atoms with E-state index in [0.29, 0.717) is 13.2 Å². The summed E-state index contributed by atoms with van der Waals surface area (Å²) in [4.78, 5) is 6.73. The molecule has 0 aromatic heterocycles. The lowest BCUT2D eigenvalue weighted by Gasteiger charge is -2.31. The molecule has 1 atom stereocenters. The Morgan fingerprint density at radius 3 is 2.70 bits per heavy atom. The summed E-state index contributed by atoms with van der Waals surface area (Å²) < 4.78 is 11.0. The normalized spacial score (nSPS) is 23.5. The molecule has 7 heteroatoms. The third-order valence-electron chi connectivity index (χ3n) is 5.47. The molecule has 3 rings (SSSR count). The van der Waals surface area contributed by atoms with E-state index in [0.717, 1.165) is 58.3 Å². The van der Waals surface area contributed by atoms with Crippen LogP contribution in [0.25, 0.3) is 0 Å². The van der Waals surface area contributed by atoms with Crippen molar-refractivity contribution in [3.63, 3.8) is 0 Å². The lowest BCUT2D eigenvalue weighted by Crippen LogP contribution is -2.44. The number of hydrogen-bond donors (Lipinski definition) is 3. The van der Waals surface area contributed by atoms with Crippen molar-refractivity contribution in [3.8, 4) is 0 Å². The molecule has 7 nitrogen and oxygen atoms in total. The van der Waals surface area contributed by atoms with Gasteiger partial charge >= 0.3 is 0 Å². The summed E-state index contributed by atoms with van der Waals surface area (Å²) in [5.41, 5.74) is 2.50. The molecule has 2 aliphatic rings. The van der Waals surface area contributed by atoms with Gasteiger partial charge in [0.2, 0.25) is 0 Å². The van der Waals surface area contributed by atoms with Crippen molar-refractivity contribution in [2.45, 2.75) is 19.4 Å². The minimum Gasteiger partial charge on any atom is -0.396 e. The maximum Gasteiger partial charge on any atom is 0.191 e. The van der Waals surface area contributed by atoms with Gasteiger partial charge in [-0.05, 0) is 24.5 Å². The quantitative estimate of drug-likeness (QED) is 0.486. The number of aliphatic imine (C=N–C) groups is 1. The third kappa shape index (κ3) is 5.34. The SMILES string of the molecule is CN=C(NCc1ccccc1N1CCOCC1)NCC1(CCO)CCOC1. The average Bonchev–Trinajstić information content (AvgIpc) is 3.18. The number of nitrogens with zero attached hydrogens (tertiary/aromatic N) is 2. The zero-order chi connectivity index (χ0) is 19.0. The molecule has 0 radical (unpaired) electrons. The predicted octanol–water partition coefficient (Wildman–Crippen LogP) is 0.977. The number of nitrogens with one attached hydrogen (secondary N) is 2. The van der Waals surface area contributed by atoms with Gasteiger partial charge in [-0.2, -0.15) is 0 Å². The Morgan fingerprint density at radius 1 is 1.19 bits per heavy atom. The van der Waals surface area contributed by atoms with Crippen LogP contribution in [0.1, 0.15) is 18.4 Å². The Morgan fingerprint density at radius 2 is 2.00 bits per heavy atom. The topological polar surface area (TPSA) is 78.4 Å². The highest BCUT2D eigenvalue weighted by molar-refractivity contribution is 5.79.